The molecule has 7 nitrogen and oxygen atoms in total. The minimum absolute atomic E-state index is 0.248. The van der Waals surface area contributed by atoms with Gasteiger partial charge in [-0.15, -0.1) is 0 Å². The Hall–Kier alpha value is -0.520. The van der Waals surface area contributed by atoms with Crippen molar-refractivity contribution in [2.24, 2.45) is 0 Å². The van der Waals surface area contributed by atoms with Crippen LogP contribution in [-0.4, -0.2) is 38.1 Å². The van der Waals surface area contributed by atoms with Crippen molar-refractivity contribution in [3.05, 3.63) is 35.4 Å². The molecule has 0 amide bonds. The van der Waals surface area contributed by atoms with Gasteiger partial charge in [-0.2, -0.15) is 0 Å². The molecule has 1 aromatic carbocycles. The monoisotopic (exact) mass is 394 g/mol. The molecule has 1 aromatic rings. The molecule has 9 heteroatoms. The largest absolute Gasteiger partial charge is 0.385 e. The Labute approximate surface area is 150 Å². The molecule has 0 fully saturated rings. The minimum Gasteiger partial charge on any atom is -0.385 e. The van der Waals surface area contributed by atoms with Gasteiger partial charge >= 0.3 is 16.5 Å². The molecule has 2 unspecified atom stereocenters. The second kappa shape index (κ2) is 11.2. The second-order valence-electron chi connectivity index (χ2n) is 6.11. The van der Waals surface area contributed by atoms with Crippen LogP contribution in [0.1, 0.15) is 37.3 Å². The lowest BCUT2D eigenvalue weighted by Crippen LogP contribution is -2.39. The molecule has 0 radical (unpaired) electrons. The number of rotatable bonds is 12. The third-order valence-electron chi connectivity index (χ3n) is 3.78. The summed E-state index contributed by atoms with van der Waals surface area (Å²) in [4.78, 5) is 0. The van der Waals surface area contributed by atoms with Gasteiger partial charge in [0.2, 0.25) is 0 Å². The molecule has 0 saturated heterocycles. The molecule has 25 heavy (non-hydrogen) atoms. The molecule has 0 saturated carbocycles. The summed E-state index contributed by atoms with van der Waals surface area (Å²) in [6.07, 6.45) is 0.842. The predicted molar refractivity (Wildman–Crippen MR) is 97.7 cm³/mol. The van der Waals surface area contributed by atoms with Crippen LogP contribution in [0.15, 0.2) is 24.3 Å². The summed E-state index contributed by atoms with van der Waals surface area (Å²) in [5, 5.41) is 10.7. The Morgan fingerprint density at radius 1 is 1.00 bits per heavy atom. The molecular weight excluding hydrogens is 366 g/mol. The number of aryl methyl sites for hydroxylation is 1. The number of benzene rings is 1. The first-order valence-corrected chi connectivity index (χ1v) is 10.5. The quantitative estimate of drug-likeness (QED) is 0.542. The molecule has 0 aliphatic rings. The van der Waals surface area contributed by atoms with Crippen LogP contribution < -0.4 is 0 Å². The number of hydrogen-bond acceptors (Lipinski definition) is 7. The molecule has 2 atom stereocenters. The van der Waals surface area contributed by atoms with E-state index in [-0.39, 0.29) is 19.6 Å². The fraction of sp³-hybridized carbons (Fsp3) is 0.625. The van der Waals surface area contributed by atoms with Gasteiger partial charge in [-0.3, -0.25) is 9.13 Å². The van der Waals surface area contributed by atoms with Crippen molar-refractivity contribution in [3.63, 3.8) is 0 Å². The first-order chi connectivity index (χ1) is 11.8. The maximum atomic E-state index is 11.3. The molecule has 0 spiro atoms. The summed E-state index contributed by atoms with van der Waals surface area (Å²) < 4.78 is 41.9. The van der Waals surface area contributed by atoms with Gasteiger partial charge < -0.3 is 23.2 Å². The molecule has 0 aliphatic heterocycles. The van der Waals surface area contributed by atoms with Gasteiger partial charge in [-0.25, -0.2) is 0 Å². The molecule has 1 rings (SSSR count). The summed E-state index contributed by atoms with van der Waals surface area (Å²) in [7, 11) is -2.82. The van der Waals surface area contributed by atoms with E-state index < -0.39 is 22.1 Å². The van der Waals surface area contributed by atoms with Crippen LogP contribution in [0.5, 0.6) is 0 Å². The lowest BCUT2D eigenvalue weighted by atomic mass is 9.95. The van der Waals surface area contributed by atoms with Crippen LogP contribution in [0, 0.1) is 0 Å². The smallest absolute Gasteiger partial charge is 0.318 e. The van der Waals surface area contributed by atoms with Gasteiger partial charge in [0.05, 0.1) is 13.2 Å². The van der Waals surface area contributed by atoms with Crippen LogP contribution in [-0.2, 0) is 33.6 Å². The predicted octanol–water partition coefficient (Wildman–Crippen LogP) is 3.58. The van der Waals surface area contributed by atoms with E-state index in [0.717, 1.165) is 5.56 Å². The average molecular weight is 394 g/mol. The van der Waals surface area contributed by atoms with E-state index >= 15 is 0 Å². The van der Waals surface area contributed by atoms with Crippen molar-refractivity contribution in [2.45, 2.75) is 38.2 Å². The van der Waals surface area contributed by atoms with Gasteiger partial charge in [-0.1, -0.05) is 38.1 Å². The Morgan fingerprint density at radius 3 is 1.88 bits per heavy atom. The van der Waals surface area contributed by atoms with E-state index in [4.69, 9.17) is 9.05 Å². The maximum Gasteiger partial charge on any atom is 0.318 e. The first-order valence-electron chi connectivity index (χ1n) is 8.02. The zero-order chi connectivity index (χ0) is 18.9. The SMILES string of the molecule is CO[PH](=O)OCC(O)(CCc1ccc(C(C)C)cc1)CO[PH](=O)OC. The molecule has 0 aromatic heterocycles. The van der Waals surface area contributed by atoms with E-state index in [1.807, 2.05) is 12.1 Å². The van der Waals surface area contributed by atoms with Crippen molar-refractivity contribution in [1.29, 1.82) is 0 Å². The fourth-order valence-electron chi connectivity index (χ4n) is 2.14. The van der Waals surface area contributed by atoms with Crippen molar-refractivity contribution in [1.82, 2.24) is 0 Å². The number of hydrogen-bond donors (Lipinski definition) is 1. The standard InChI is InChI=1S/C16H28O7P2/c1-13(2)15-7-5-14(6-8-15)9-10-16(17,11-22-24(18)20-3)12-23-25(19)21-4/h5-8,13,17,24-25H,9-12H2,1-4H3. The van der Waals surface area contributed by atoms with Gasteiger partial charge in [0.15, 0.2) is 0 Å². The third kappa shape index (κ3) is 8.61. The van der Waals surface area contributed by atoms with E-state index in [1.54, 1.807) is 0 Å². The molecule has 144 valence electrons. The Kier molecular flexibility index (Phi) is 10.1. The topological polar surface area (TPSA) is 91.3 Å². The Balaban J connectivity index is 2.70. The number of aliphatic hydroxyl groups is 1. The average Bonchev–Trinajstić information content (AvgIpc) is 2.63. The fourth-order valence-corrected chi connectivity index (χ4v) is 3.15. The summed E-state index contributed by atoms with van der Waals surface area (Å²) in [6.45, 7) is 3.75. The van der Waals surface area contributed by atoms with E-state index in [2.05, 4.69) is 35.0 Å². The van der Waals surface area contributed by atoms with Crippen LogP contribution in [0.25, 0.3) is 0 Å². The van der Waals surface area contributed by atoms with Crippen molar-refractivity contribution in [2.75, 3.05) is 27.4 Å². The normalized spacial score (nSPS) is 16.6. The summed E-state index contributed by atoms with van der Waals surface area (Å²) in [5.41, 5.74) is 0.832. The van der Waals surface area contributed by atoms with Gasteiger partial charge in [0.1, 0.15) is 5.60 Å². The Bertz CT molecular complexity index is 540. The Morgan fingerprint density at radius 2 is 1.48 bits per heavy atom. The molecule has 0 bridgehead atoms. The van der Waals surface area contributed by atoms with Crippen LogP contribution >= 0.6 is 16.5 Å². The molecule has 0 heterocycles. The summed E-state index contributed by atoms with van der Waals surface area (Å²) in [5.74, 6) is 0.450. The molecule has 0 aliphatic carbocycles. The lowest BCUT2D eigenvalue weighted by Gasteiger charge is -2.27. The van der Waals surface area contributed by atoms with Crippen molar-refractivity contribution >= 4 is 16.5 Å². The molecule has 1 N–H and O–H groups in total. The highest BCUT2D eigenvalue weighted by molar-refractivity contribution is 7.33. The van der Waals surface area contributed by atoms with Crippen molar-refractivity contribution in [3.8, 4) is 0 Å². The highest BCUT2D eigenvalue weighted by Crippen LogP contribution is 2.30. The molecular formula is C16H28O7P2. The highest BCUT2D eigenvalue weighted by atomic mass is 31.1. The van der Waals surface area contributed by atoms with Gasteiger partial charge in [0, 0.05) is 14.2 Å². The highest BCUT2D eigenvalue weighted by Gasteiger charge is 2.29. The van der Waals surface area contributed by atoms with Crippen LogP contribution in [0.3, 0.4) is 0 Å². The van der Waals surface area contributed by atoms with Crippen molar-refractivity contribution < 1.29 is 32.3 Å². The van der Waals surface area contributed by atoms with E-state index in [9.17, 15) is 14.2 Å². The zero-order valence-electron chi connectivity index (χ0n) is 15.1. The van der Waals surface area contributed by atoms with Gasteiger partial charge in [0.25, 0.3) is 0 Å². The first kappa shape index (κ1) is 22.5. The summed E-state index contributed by atoms with van der Waals surface area (Å²) >= 11 is 0. The third-order valence-corrected chi connectivity index (χ3v) is 5.20. The van der Waals surface area contributed by atoms with E-state index in [1.165, 1.54) is 19.8 Å². The van der Waals surface area contributed by atoms with Crippen LogP contribution in [0.2, 0.25) is 0 Å². The van der Waals surface area contributed by atoms with Gasteiger partial charge in [-0.05, 0) is 29.9 Å². The maximum absolute atomic E-state index is 11.3. The van der Waals surface area contributed by atoms with E-state index in [0.29, 0.717) is 12.3 Å². The second-order valence-corrected chi connectivity index (χ2v) is 8.50. The zero-order valence-corrected chi connectivity index (χ0v) is 17.1. The minimum atomic E-state index is -2.67. The van der Waals surface area contributed by atoms with Crippen LogP contribution in [0.4, 0.5) is 0 Å². The lowest BCUT2D eigenvalue weighted by molar-refractivity contribution is -0.0474. The summed E-state index contributed by atoms with van der Waals surface area (Å²) in [6, 6.07) is 8.12.